The zero-order valence-corrected chi connectivity index (χ0v) is 71.3. The number of nitrogens with zero attached hydrogens (tertiary/aromatic N) is 3. The van der Waals surface area contributed by atoms with Gasteiger partial charge in [-0.05, 0) is 288 Å². The number of ether oxygens (including phenoxy) is 7. The number of H-pyrrole nitrogens is 3. The molecule has 20 nitrogen and oxygen atoms in total. The standard InChI is InChI=1S/C32H35Cl2N3O4.C31H33Cl2N3O3.C30H31Cl2N3O4/c1-39-19-4-17-35-16-2-3-20-40-25-10-5-22(6-11-25)31-30-27(28-21-24(34)9-14-29(28)36-30)15-18-37(31)32(38)41-26-12-7-23(33)8-13-26;1-20(2)34-16-3-4-18-38-24-10-5-21(6-11-24)30-29-26(27-19-23(33)9-14-28(27)35-29)15-17-36(30)31(37)39-25-12-7-22(32)8-13-25;31-21-5-10-24(11-6-21)39-30(37)35-16-13-25-26-19-22(32)7-12-27(26)34-28(25)29(35)20-3-8-23(9-4-20)38-18-2-1-14-33-15-17-36/h5-14,21,31,35-36H,2-4,15-20H2,1H3;5-14,19-20,30,34-35H,3-4,15-18H2,1-2H3;3-12,19,29,33-34,36H,1-2,13-18H2. The molecule has 0 saturated carbocycles. The van der Waals surface area contributed by atoms with Crippen LogP contribution in [-0.4, -0.2) is 152 Å². The molecule has 624 valence electrons. The molecule has 0 spiro atoms. The summed E-state index contributed by atoms with van der Waals surface area (Å²) in [5.41, 5.74) is 12.2. The number of aromatic nitrogens is 3. The molecule has 6 heterocycles. The predicted molar refractivity (Wildman–Crippen MR) is 475 cm³/mol. The van der Waals surface area contributed by atoms with Gasteiger partial charge in [0.2, 0.25) is 0 Å². The molecule has 3 aliphatic rings. The van der Waals surface area contributed by atoms with E-state index in [9.17, 15) is 14.4 Å². The van der Waals surface area contributed by atoms with E-state index < -0.39 is 18.3 Å². The number of hydrogen-bond donors (Lipinski definition) is 7. The zero-order chi connectivity index (χ0) is 83.2. The highest BCUT2D eigenvalue weighted by Crippen LogP contribution is 2.44. The molecular formula is C93H99Cl6N9O11. The van der Waals surface area contributed by atoms with E-state index in [1.807, 2.05) is 127 Å². The zero-order valence-electron chi connectivity index (χ0n) is 66.8. The van der Waals surface area contributed by atoms with Crippen LogP contribution in [0.5, 0.6) is 34.5 Å². The molecule has 3 aromatic heterocycles. The molecule has 0 radical (unpaired) electrons. The number of halogens is 6. The fourth-order valence-corrected chi connectivity index (χ4v) is 16.1. The number of fused-ring (bicyclic) bond motifs is 9. The van der Waals surface area contributed by atoms with Crippen molar-refractivity contribution < 1.29 is 52.6 Å². The molecule has 3 aliphatic heterocycles. The summed E-state index contributed by atoms with van der Waals surface area (Å²) in [4.78, 5) is 56.3. The maximum atomic E-state index is 13.5. The summed E-state index contributed by atoms with van der Waals surface area (Å²) in [6, 6.07) is 61.1. The quantitative estimate of drug-likeness (QED) is 0.0201. The van der Waals surface area contributed by atoms with E-state index in [1.165, 1.54) is 11.1 Å². The van der Waals surface area contributed by atoms with E-state index in [0.29, 0.717) is 119 Å². The van der Waals surface area contributed by atoms with Crippen molar-refractivity contribution >= 4 is 121 Å². The Morgan fingerprint density at radius 1 is 0.378 bits per heavy atom. The van der Waals surface area contributed by atoms with Crippen LogP contribution in [-0.2, 0) is 24.0 Å². The second-order valence-electron chi connectivity index (χ2n) is 29.7. The second kappa shape index (κ2) is 43.0. The molecule has 15 rings (SSSR count). The molecule has 0 saturated heterocycles. The van der Waals surface area contributed by atoms with Gasteiger partial charge >= 0.3 is 18.3 Å². The van der Waals surface area contributed by atoms with Crippen molar-refractivity contribution in [1.82, 2.24) is 45.6 Å². The molecule has 0 aliphatic carbocycles. The van der Waals surface area contributed by atoms with Gasteiger partial charge in [0.05, 0.1) is 26.4 Å². The second-order valence-corrected chi connectivity index (χ2v) is 32.3. The molecule has 0 fully saturated rings. The summed E-state index contributed by atoms with van der Waals surface area (Å²) in [6.45, 7) is 13.0. The first-order valence-corrected chi connectivity index (χ1v) is 42.8. The van der Waals surface area contributed by atoms with Crippen molar-refractivity contribution in [2.75, 3.05) is 92.5 Å². The number of amides is 3. The molecule has 3 unspecified atom stereocenters. The minimum atomic E-state index is -0.431. The smallest absolute Gasteiger partial charge is 0.416 e. The first kappa shape index (κ1) is 87.2. The fourth-order valence-electron chi connectivity index (χ4n) is 15.2. The Balaban J connectivity index is 0.000000155. The van der Waals surface area contributed by atoms with Gasteiger partial charge in [-0.2, -0.15) is 0 Å². The number of hydrogen-bond acceptors (Lipinski definition) is 14. The Kier molecular flexibility index (Phi) is 31.5. The number of aromatic amines is 3. The third-order valence-corrected chi connectivity index (χ3v) is 22.5. The summed E-state index contributed by atoms with van der Waals surface area (Å²) in [7, 11) is 1.72. The van der Waals surface area contributed by atoms with Gasteiger partial charge < -0.3 is 69.2 Å². The normalized spacial score (nSPS) is 14.8. The Hall–Kier alpha value is -9.65. The lowest BCUT2D eigenvalue weighted by molar-refractivity contribution is 0.134. The van der Waals surface area contributed by atoms with E-state index in [1.54, 1.807) is 94.6 Å². The lowest BCUT2D eigenvalue weighted by Crippen LogP contribution is -2.42. The Morgan fingerprint density at radius 2 is 0.672 bits per heavy atom. The largest absolute Gasteiger partial charge is 0.494 e. The number of carbonyl (C=O) groups is 3. The number of methoxy groups -OCH3 is 1. The maximum Gasteiger partial charge on any atom is 0.416 e. The highest BCUT2D eigenvalue weighted by molar-refractivity contribution is 6.32. The number of unbranched alkanes of at least 4 members (excludes halogenated alkanes) is 3. The van der Waals surface area contributed by atoms with Crippen LogP contribution in [0.3, 0.4) is 0 Å². The van der Waals surface area contributed by atoms with Crippen molar-refractivity contribution in [2.24, 2.45) is 0 Å². The molecule has 12 aromatic rings. The summed E-state index contributed by atoms with van der Waals surface area (Å²) >= 11 is 37.0. The van der Waals surface area contributed by atoms with Crippen molar-refractivity contribution in [1.29, 1.82) is 0 Å². The van der Waals surface area contributed by atoms with Crippen molar-refractivity contribution in [3.05, 3.63) is 281 Å². The van der Waals surface area contributed by atoms with Crippen LogP contribution in [0, 0.1) is 0 Å². The van der Waals surface area contributed by atoms with E-state index in [-0.39, 0.29) is 24.7 Å². The van der Waals surface area contributed by atoms with Gasteiger partial charge in [-0.3, -0.25) is 14.7 Å². The minimum absolute atomic E-state index is 0.147. The maximum absolute atomic E-state index is 13.5. The number of nitrogens with one attached hydrogen (secondary N) is 6. The van der Waals surface area contributed by atoms with Crippen molar-refractivity contribution in [2.45, 2.75) is 102 Å². The molecule has 3 amide bonds. The molecule has 7 N–H and O–H groups in total. The number of benzene rings is 9. The number of aliphatic hydroxyl groups is 1. The summed E-state index contributed by atoms with van der Waals surface area (Å²) in [6.07, 6.45) is 7.74. The molecule has 26 heteroatoms. The first-order valence-electron chi connectivity index (χ1n) is 40.5. The topological polar surface area (TPSA) is 229 Å². The van der Waals surface area contributed by atoms with Gasteiger partial charge in [0.1, 0.15) is 52.6 Å². The van der Waals surface area contributed by atoms with Crippen LogP contribution in [0.1, 0.15) is 127 Å². The lowest BCUT2D eigenvalue weighted by atomic mass is 9.92. The molecule has 0 bridgehead atoms. The van der Waals surface area contributed by atoms with Crippen LogP contribution in [0.25, 0.3) is 32.7 Å². The predicted octanol–water partition coefficient (Wildman–Crippen LogP) is 21.5. The Morgan fingerprint density at radius 3 is 0.983 bits per heavy atom. The third kappa shape index (κ3) is 23.3. The average molecular weight is 1730 g/mol. The van der Waals surface area contributed by atoms with Gasteiger partial charge in [0.25, 0.3) is 0 Å². The van der Waals surface area contributed by atoms with E-state index >= 15 is 0 Å². The van der Waals surface area contributed by atoms with Crippen LogP contribution in [0.4, 0.5) is 14.4 Å². The molecule has 9 aromatic carbocycles. The van der Waals surface area contributed by atoms with Gasteiger partial charge in [-0.1, -0.05) is 120 Å². The highest BCUT2D eigenvalue weighted by Gasteiger charge is 2.39. The SMILES string of the molecule is CC(C)NCCCCOc1ccc(C2c3[nH]c4ccc(Cl)cc4c3CCN2C(=O)Oc2ccc(Cl)cc2)cc1.COCCCNCCCCOc1ccc(C2c3[nH]c4ccc(Cl)cc4c3CCN2C(=O)Oc2ccc(Cl)cc2)cc1.O=C(Oc1ccc(Cl)cc1)N1CCc2c([nH]c3ccc(Cl)cc23)C1c1ccc(OCCCCNCCO)cc1. The van der Waals surface area contributed by atoms with E-state index in [0.717, 1.165) is 167 Å². The average Bonchev–Trinajstić information content (AvgIpc) is 1.53. The monoisotopic (exact) mass is 1730 g/mol. The third-order valence-electron chi connectivity index (χ3n) is 21.0. The number of rotatable bonds is 31. The van der Waals surface area contributed by atoms with E-state index in [4.69, 9.17) is 108 Å². The van der Waals surface area contributed by atoms with Crippen LogP contribution < -0.4 is 44.4 Å². The van der Waals surface area contributed by atoms with E-state index in [2.05, 4.69) is 44.7 Å². The minimum Gasteiger partial charge on any atom is -0.494 e. The van der Waals surface area contributed by atoms with Gasteiger partial charge in [0.15, 0.2) is 0 Å². The van der Waals surface area contributed by atoms with Gasteiger partial charge in [0, 0.05) is 126 Å². The first-order chi connectivity index (χ1) is 57.9. The lowest BCUT2D eigenvalue weighted by Gasteiger charge is -2.35. The molecular weight excluding hydrogens is 1630 g/mol. The fraction of sp³-hybridized carbons (Fsp3) is 0.323. The molecule has 119 heavy (non-hydrogen) atoms. The van der Waals surface area contributed by atoms with Crippen molar-refractivity contribution in [3.8, 4) is 34.5 Å². The van der Waals surface area contributed by atoms with Gasteiger partial charge in [-0.25, -0.2) is 14.4 Å². The van der Waals surface area contributed by atoms with Crippen LogP contribution in [0.15, 0.2) is 200 Å². The Bertz CT molecular complexity index is 5310. The summed E-state index contributed by atoms with van der Waals surface area (Å²) in [5, 5.41) is 25.9. The van der Waals surface area contributed by atoms with Crippen LogP contribution >= 0.6 is 69.6 Å². The highest BCUT2D eigenvalue weighted by atomic mass is 35.5. The molecule has 3 atom stereocenters. The van der Waals surface area contributed by atoms with Gasteiger partial charge in [-0.15, -0.1) is 0 Å². The number of carbonyl (C=O) groups excluding carboxylic acids is 3. The Labute approximate surface area is 723 Å². The summed E-state index contributed by atoms with van der Waals surface area (Å²) in [5.74, 6) is 3.72. The van der Waals surface area contributed by atoms with Crippen LogP contribution in [0.2, 0.25) is 30.1 Å². The summed E-state index contributed by atoms with van der Waals surface area (Å²) < 4.78 is 40.2. The van der Waals surface area contributed by atoms with Crippen molar-refractivity contribution in [3.63, 3.8) is 0 Å². The number of aliphatic hydroxyl groups excluding tert-OH is 1.